The summed E-state index contributed by atoms with van der Waals surface area (Å²) in [6, 6.07) is 7.87. The maximum absolute atomic E-state index is 12.9. The van der Waals surface area contributed by atoms with E-state index in [0.717, 1.165) is 29.0 Å². The first kappa shape index (κ1) is 23.3. The molecule has 33 heavy (non-hydrogen) atoms. The number of nitrogens with one attached hydrogen (secondary N) is 1. The monoisotopic (exact) mass is 486 g/mol. The van der Waals surface area contributed by atoms with Crippen LogP contribution in [0.4, 0.5) is 5.00 Å². The van der Waals surface area contributed by atoms with E-state index in [1.165, 1.54) is 16.9 Å². The van der Waals surface area contributed by atoms with Crippen molar-refractivity contribution in [1.82, 2.24) is 4.90 Å². The molecule has 2 aromatic heterocycles. The van der Waals surface area contributed by atoms with Crippen molar-refractivity contribution < 1.29 is 23.8 Å². The van der Waals surface area contributed by atoms with Crippen LogP contribution in [0.5, 0.6) is 11.5 Å². The van der Waals surface area contributed by atoms with Crippen molar-refractivity contribution in [3.8, 4) is 21.9 Å². The van der Waals surface area contributed by atoms with Gasteiger partial charge in [-0.25, -0.2) is 4.79 Å². The van der Waals surface area contributed by atoms with E-state index in [2.05, 4.69) is 10.2 Å². The number of carbonyl (C=O) groups is 2. The Kier molecular flexibility index (Phi) is 7.32. The summed E-state index contributed by atoms with van der Waals surface area (Å²) in [6.45, 7) is 3.66. The Labute approximate surface area is 200 Å². The second kappa shape index (κ2) is 10.4. The second-order valence-electron chi connectivity index (χ2n) is 7.54. The molecule has 3 aromatic rings. The van der Waals surface area contributed by atoms with E-state index in [0.29, 0.717) is 28.6 Å². The minimum Gasteiger partial charge on any atom is -0.493 e. The Morgan fingerprint density at radius 2 is 1.88 bits per heavy atom. The van der Waals surface area contributed by atoms with Crippen LogP contribution in [0, 0.1) is 0 Å². The third-order valence-electron chi connectivity index (χ3n) is 5.47. The normalized spacial score (nSPS) is 13.3. The molecule has 0 aliphatic carbocycles. The van der Waals surface area contributed by atoms with Crippen molar-refractivity contribution in [1.29, 1.82) is 0 Å². The minimum atomic E-state index is -0.426. The van der Waals surface area contributed by atoms with Gasteiger partial charge >= 0.3 is 5.97 Å². The number of esters is 1. The maximum atomic E-state index is 12.9. The van der Waals surface area contributed by atoms with Crippen LogP contribution in [-0.4, -0.2) is 50.7 Å². The smallest absolute Gasteiger partial charge is 0.341 e. The summed E-state index contributed by atoms with van der Waals surface area (Å²) in [4.78, 5) is 28.6. The van der Waals surface area contributed by atoms with Gasteiger partial charge in [-0.3, -0.25) is 9.69 Å². The van der Waals surface area contributed by atoms with E-state index >= 15 is 0 Å². The number of nitrogens with zero attached hydrogens (tertiary/aromatic N) is 1. The summed E-state index contributed by atoms with van der Waals surface area (Å²) >= 11 is 2.89. The molecule has 174 valence electrons. The van der Waals surface area contributed by atoms with Gasteiger partial charge in [0.1, 0.15) is 10.6 Å². The largest absolute Gasteiger partial charge is 0.493 e. The lowest BCUT2D eigenvalue weighted by Crippen LogP contribution is -2.37. The topological polar surface area (TPSA) is 77.1 Å². The first-order chi connectivity index (χ1) is 16.0. The zero-order valence-electron chi connectivity index (χ0n) is 18.8. The second-order valence-corrected chi connectivity index (χ2v) is 9.36. The minimum absolute atomic E-state index is 0.163. The third-order valence-corrected chi connectivity index (χ3v) is 7.27. The van der Waals surface area contributed by atoms with Gasteiger partial charge in [0.2, 0.25) is 5.91 Å². The number of hydrogen-bond donors (Lipinski definition) is 1. The van der Waals surface area contributed by atoms with Gasteiger partial charge in [-0.2, -0.15) is 0 Å². The average molecular weight is 487 g/mol. The van der Waals surface area contributed by atoms with Crippen LogP contribution in [0.2, 0.25) is 0 Å². The van der Waals surface area contributed by atoms with Crippen LogP contribution < -0.4 is 14.8 Å². The SMILES string of the molecule is CCOC(=O)c1c(-c2cccs2)csc1NC(=O)CN1CCc2cc(OC)c(OC)cc2C1. The number of amides is 1. The highest BCUT2D eigenvalue weighted by Gasteiger charge is 2.25. The van der Waals surface area contributed by atoms with E-state index in [4.69, 9.17) is 14.2 Å². The Bertz CT molecular complexity index is 1140. The number of thiophene rings is 2. The van der Waals surface area contributed by atoms with Gasteiger partial charge in [0.15, 0.2) is 11.5 Å². The summed E-state index contributed by atoms with van der Waals surface area (Å²) < 4.78 is 16.1. The number of carbonyl (C=O) groups excluding carboxylic acids is 2. The predicted octanol–water partition coefficient (Wildman–Crippen LogP) is 4.67. The van der Waals surface area contributed by atoms with Gasteiger partial charge in [0, 0.05) is 28.9 Å². The van der Waals surface area contributed by atoms with Gasteiger partial charge in [-0.15, -0.1) is 22.7 Å². The lowest BCUT2D eigenvalue weighted by molar-refractivity contribution is -0.117. The van der Waals surface area contributed by atoms with Crippen molar-refractivity contribution in [3.63, 3.8) is 0 Å². The number of rotatable bonds is 8. The molecule has 0 radical (unpaired) electrons. The quantitative estimate of drug-likeness (QED) is 0.467. The molecular weight excluding hydrogens is 460 g/mol. The molecule has 0 fully saturated rings. The van der Waals surface area contributed by atoms with Crippen molar-refractivity contribution >= 4 is 39.6 Å². The van der Waals surface area contributed by atoms with E-state index < -0.39 is 5.97 Å². The molecule has 3 heterocycles. The number of anilines is 1. The standard InChI is InChI=1S/C24H26N2O5S2/c1-4-31-24(28)22-17(20-6-5-9-32-20)14-33-23(22)25-21(27)13-26-8-7-15-10-18(29-2)19(30-3)11-16(15)12-26/h5-6,9-11,14H,4,7-8,12-13H2,1-3H3,(H,25,27). The van der Waals surface area contributed by atoms with E-state index in [1.807, 2.05) is 35.0 Å². The molecule has 0 bridgehead atoms. The highest BCUT2D eigenvalue weighted by molar-refractivity contribution is 7.17. The summed E-state index contributed by atoms with van der Waals surface area (Å²) in [6.07, 6.45) is 0.818. The Morgan fingerprint density at radius 3 is 2.55 bits per heavy atom. The van der Waals surface area contributed by atoms with E-state index in [-0.39, 0.29) is 19.1 Å². The summed E-state index contributed by atoms with van der Waals surface area (Å²) in [5.41, 5.74) is 3.53. The van der Waals surface area contributed by atoms with Gasteiger partial charge in [0.05, 0.1) is 27.4 Å². The molecule has 9 heteroatoms. The fraction of sp³-hybridized carbons (Fsp3) is 0.333. The zero-order valence-corrected chi connectivity index (χ0v) is 20.4. The fourth-order valence-corrected chi connectivity index (χ4v) is 5.70. The molecule has 0 saturated heterocycles. The number of fused-ring (bicyclic) bond motifs is 1. The molecular formula is C24H26N2O5S2. The van der Waals surface area contributed by atoms with E-state index in [9.17, 15) is 9.59 Å². The highest BCUT2D eigenvalue weighted by atomic mass is 32.1. The molecule has 1 N–H and O–H groups in total. The number of benzene rings is 1. The molecule has 0 spiro atoms. The van der Waals surface area contributed by atoms with Gasteiger partial charge in [-0.1, -0.05) is 6.07 Å². The van der Waals surface area contributed by atoms with Crippen LogP contribution in [0.15, 0.2) is 35.0 Å². The number of methoxy groups -OCH3 is 2. The zero-order chi connectivity index (χ0) is 23.4. The Hall–Kier alpha value is -2.88. The van der Waals surface area contributed by atoms with Gasteiger partial charge in [-0.05, 0) is 48.1 Å². The first-order valence-electron chi connectivity index (χ1n) is 10.6. The van der Waals surface area contributed by atoms with Crippen LogP contribution in [0.1, 0.15) is 28.4 Å². The molecule has 0 atom stereocenters. The Morgan fingerprint density at radius 1 is 1.12 bits per heavy atom. The predicted molar refractivity (Wildman–Crippen MR) is 131 cm³/mol. The lowest BCUT2D eigenvalue weighted by atomic mass is 9.99. The molecule has 1 aliphatic heterocycles. The van der Waals surface area contributed by atoms with Crippen LogP contribution in [0.3, 0.4) is 0 Å². The molecule has 1 aliphatic rings. The Balaban J connectivity index is 1.48. The van der Waals surface area contributed by atoms with Crippen LogP contribution >= 0.6 is 22.7 Å². The first-order valence-corrected chi connectivity index (χ1v) is 12.4. The summed E-state index contributed by atoms with van der Waals surface area (Å²) in [7, 11) is 3.24. The highest BCUT2D eigenvalue weighted by Crippen LogP contribution is 2.38. The summed E-state index contributed by atoms with van der Waals surface area (Å²) in [5.74, 6) is 0.809. The molecule has 0 saturated carbocycles. The van der Waals surface area contributed by atoms with Crippen molar-refractivity contribution in [2.45, 2.75) is 19.9 Å². The number of ether oxygens (including phenoxy) is 3. The number of hydrogen-bond acceptors (Lipinski definition) is 8. The van der Waals surface area contributed by atoms with Crippen molar-refractivity contribution in [2.24, 2.45) is 0 Å². The molecule has 7 nitrogen and oxygen atoms in total. The van der Waals surface area contributed by atoms with Crippen LogP contribution in [0.25, 0.3) is 10.4 Å². The fourth-order valence-electron chi connectivity index (χ4n) is 3.91. The van der Waals surface area contributed by atoms with Crippen molar-refractivity contribution in [3.05, 3.63) is 51.7 Å². The molecule has 4 rings (SSSR count). The van der Waals surface area contributed by atoms with Crippen molar-refractivity contribution in [2.75, 3.05) is 39.2 Å². The molecule has 0 unspecified atom stereocenters. The van der Waals surface area contributed by atoms with E-state index in [1.54, 1.807) is 32.5 Å². The lowest BCUT2D eigenvalue weighted by Gasteiger charge is -2.29. The summed E-state index contributed by atoms with van der Waals surface area (Å²) in [5, 5.41) is 7.31. The van der Waals surface area contributed by atoms with Gasteiger partial charge in [0.25, 0.3) is 0 Å². The van der Waals surface area contributed by atoms with Gasteiger partial charge < -0.3 is 19.5 Å². The van der Waals surface area contributed by atoms with Crippen LogP contribution in [-0.2, 0) is 22.5 Å². The molecule has 1 amide bonds. The maximum Gasteiger partial charge on any atom is 0.341 e. The third kappa shape index (κ3) is 5.05. The molecule has 1 aromatic carbocycles. The average Bonchev–Trinajstić information content (AvgIpc) is 3.48.